The normalized spacial score (nSPS) is 23.4. The summed E-state index contributed by atoms with van der Waals surface area (Å²) in [5.41, 5.74) is 1.69. The van der Waals surface area contributed by atoms with Crippen LogP contribution in [0.5, 0.6) is 5.75 Å². The second-order valence-electron chi connectivity index (χ2n) is 11.3. The number of carbonyl (C=O) groups excluding carboxylic acids is 3. The molecule has 1 saturated heterocycles. The third kappa shape index (κ3) is 10.2. The molecular weight excluding hydrogens is 568 g/mol. The molecule has 3 aliphatic rings. The summed E-state index contributed by atoms with van der Waals surface area (Å²) in [6.45, 7) is 5.95. The van der Waals surface area contributed by atoms with Crippen molar-refractivity contribution in [1.82, 2.24) is 21.3 Å². The Labute approximate surface area is 258 Å². The molecule has 3 heterocycles. The van der Waals surface area contributed by atoms with E-state index < -0.39 is 36.2 Å². The SMILES string of the molecule is CC(C)C1NC(=O)[C@@H](C(O)[C@H](Cc2ccccc2)NC(=O)OC2CCOC2)NCc2ccc(cc2)OCCOCCNC1=O. The first-order valence-corrected chi connectivity index (χ1v) is 15.2. The highest BCUT2D eigenvalue weighted by atomic mass is 16.6. The van der Waals surface area contributed by atoms with Gasteiger partial charge in [-0.25, -0.2) is 4.79 Å². The highest BCUT2D eigenvalue weighted by Gasteiger charge is 2.37. The molecule has 0 aliphatic carbocycles. The molecule has 2 aromatic carbocycles. The van der Waals surface area contributed by atoms with Crippen molar-refractivity contribution in [2.24, 2.45) is 5.92 Å². The van der Waals surface area contributed by atoms with E-state index in [4.69, 9.17) is 18.9 Å². The maximum Gasteiger partial charge on any atom is 0.407 e. The fourth-order valence-electron chi connectivity index (χ4n) is 5.05. The van der Waals surface area contributed by atoms with E-state index in [1.165, 1.54) is 0 Å². The summed E-state index contributed by atoms with van der Waals surface area (Å²) in [6.07, 6.45) is -1.69. The molecule has 1 fully saturated rings. The van der Waals surface area contributed by atoms with Gasteiger partial charge in [0.15, 0.2) is 0 Å². The summed E-state index contributed by atoms with van der Waals surface area (Å²) >= 11 is 0. The van der Waals surface area contributed by atoms with Crippen molar-refractivity contribution in [3.63, 3.8) is 0 Å². The number of ether oxygens (including phenoxy) is 4. The molecule has 0 saturated carbocycles. The number of benzene rings is 2. The number of hydrogen-bond donors (Lipinski definition) is 5. The van der Waals surface area contributed by atoms with E-state index in [1.807, 2.05) is 68.4 Å². The van der Waals surface area contributed by atoms with E-state index in [-0.39, 0.29) is 44.0 Å². The van der Waals surface area contributed by atoms with Gasteiger partial charge in [-0.15, -0.1) is 0 Å². The monoisotopic (exact) mass is 612 g/mol. The number of alkyl carbamates (subject to hydrolysis) is 1. The summed E-state index contributed by atoms with van der Waals surface area (Å²) in [5, 5.41) is 23.4. The molecule has 240 valence electrons. The number of hydrogen-bond acceptors (Lipinski definition) is 9. The maximum absolute atomic E-state index is 13.9. The third-order valence-electron chi connectivity index (χ3n) is 7.54. The second-order valence-corrected chi connectivity index (χ2v) is 11.3. The second kappa shape index (κ2) is 17.0. The molecule has 2 bridgehead atoms. The van der Waals surface area contributed by atoms with Gasteiger partial charge in [0.25, 0.3) is 0 Å². The minimum absolute atomic E-state index is 0.221. The molecule has 12 nitrogen and oxygen atoms in total. The summed E-state index contributed by atoms with van der Waals surface area (Å²) in [4.78, 5) is 39.9. The van der Waals surface area contributed by atoms with Crippen LogP contribution >= 0.6 is 0 Å². The maximum atomic E-state index is 13.9. The van der Waals surface area contributed by atoms with Gasteiger partial charge in [0.1, 0.15) is 30.5 Å². The number of rotatable bonds is 7. The lowest BCUT2D eigenvalue weighted by Crippen LogP contribution is -2.62. The lowest BCUT2D eigenvalue weighted by atomic mass is 9.94. The minimum Gasteiger partial charge on any atom is -0.491 e. The lowest BCUT2D eigenvalue weighted by molar-refractivity contribution is -0.133. The summed E-state index contributed by atoms with van der Waals surface area (Å²) in [6, 6.07) is 13.7. The van der Waals surface area contributed by atoms with Gasteiger partial charge in [-0.1, -0.05) is 56.3 Å². The quantitative estimate of drug-likeness (QED) is 0.291. The van der Waals surface area contributed by atoms with Gasteiger partial charge in [-0.3, -0.25) is 14.9 Å². The first-order valence-electron chi connectivity index (χ1n) is 15.2. The first kappa shape index (κ1) is 33.2. The Morgan fingerprint density at radius 3 is 2.45 bits per heavy atom. The molecule has 0 aromatic heterocycles. The third-order valence-corrected chi connectivity index (χ3v) is 7.54. The van der Waals surface area contributed by atoms with Gasteiger partial charge >= 0.3 is 6.09 Å². The van der Waals surface area contributed by atoms with Crippen molar-refractivity contribution in [2.45, 2.75) is 63.6 Å². The van der Waals surface area contributed by atoms with Crippen molar-refractivity contribution >= 4 is 17.9 Å². The van der Waals surface area contributed by atoms with Gasteiger partial charge in [-0.2, -0.15) is 0 Å². The van der Waals surface area contributed by atoms with Crippen molar-refractivity contribution in [1.29, 1.82) is 0 Å². The molecule has 3 amide bonds. The molecule has 12 heteroatoms. The Bertz CT molecular complexity index is 1190. The van der Waals surface area contributed by atoms with Crippen LogP contribution in [-0.4, -0.2) is 92.9 Å². The van der Waals surface area contributed by atoms with Gasteiger partial charge in [0.05, 0.1) is 38.6 Å². The van der Waals surface area contributed by atoms with Crippen molar-refractivity contribution in [3.05, 3.63) is 65.7 Å². The molecule has 44 heavy (non-hydrogen) atoms. The zero-order chi connectivity index (χ0) is 31.3. The van der Waals surface area contributed by atoms with Crippen LogP contribution in [-0.2, 0) is 36.8 Å². The van der Waals surface area contributed by atoms with Crippen molar-refractivity contribution in [3.8, 4) is 5.75 Å². The van der Waals surface area contributed by atoms with Gasteiger partial charge in [-0.05, 0) is 35.6 Å². The Morgan fingerprint density at radius 2 is 1.75 bits per heavy atom. The van der Waals surface area contributed by atoms with Crippen LogP contribution in [0.15, 0.2) is 54.6 Å². The zero-order valence-corrected chi connectivity index (χ0v) is 25.3. The lowest BCUT2D eigenvalue weighted by Gasteiger charge is -2.32. The number of amides is 3. The molecule has 5 rings (SSSR count). The van der Waals surface area contributed by atoms with Crippen molar-refractivity contribution < 1.29 is 38.4 Å². The Hall–Kier alpha value is -3.71. The zero-order valence-electron chi connectivity index (χ0n) is 25.3. The van der Waals surface area contributed by atoms with E-state index in [0.29, 0.717) is 38.6 Å². The number of aliphatic hydroxyl groups is 1. The summed E-state index contributed by atoms with van der Waals surface area (Å²) in [5.74, 6) is -0.523. The first-order chi connectivity index (χ1) is 21.3. The highest BCUT2D eigenvalue weighted by Crippen LogP contribution is 2.16. The molecule has 5 N–H and O–H groups in total. The van der Waals surface area contributed by atoms with Crippen LogP contribution in [0.1, 0.15) is 31.4 Å². The molecular formula is C32H44N4O8. The number of aliphatic hydroxyl groups excluding tert-OH is 1. The molecule has 2 aromatic rings. The van der Waals surface area contributed by atoms with E-state index in [9.17, 15) is 19.5 Å². The van der Waals surface area contributed by atoms with Crippen molar-refractivity contribution in [2.75, 3.05) is 39.6 Å². The van der Waals surface area contributed by atoms with E-state index >= 15 is 0 Å². The van der Waals surface area contributed by atoms with E-state index in [2.05, 4.69) is 21.3 Å². The molecule has 0 spiro atoms. The Balaban J connectivity index is 1.59. The predicted molar refractivity (Wildman–Crippen MR) is 162 cm³/mol. The fourth-order valence-corrected chi connectivity index (χ4v) is 5.05. The van der Waals surface area contributed by atoms with Gasteiger partial charge in [0, 0.05) is 19.5 Å². The summed E-state index contributed by atoms with van der Waals surface area (Å²) in [7, 11) is 0. The minimum atomic E-state index is -1.40. The highest BCUT2D eigenvalue weighted by molar-refractivity contribution is 5.90. The predicted octanol–water partition coefficient (Wildman–Crippen LogP) is 1.30. The van der Waals surface area contributed by atoms with Crippen LogP contribution in [0.4, 0.5) is 4.79 Å². The van der Waals surface area contributed by atoms with Crippen LogP contribution in [0.3, 0.4) is 0 Å². The summed E-state index contributed by atoms with van der Waals surface area (Å²) < 4.78 is 22.1. The molecule has 3 unspecified atom stereocenters. The van der Waals surface area contributed by atoms with Crippen LogP contribution in [0, 0.1) is 5.92 Å². The number of fused-ring (bicyclic) bond motifs is 15. The van der Waals surface area contributed by atoms with E-state index in [1.54, 1.807) is 0 Å². The Kier molecular flexibility index (Phi) is 12.8. The van der Waals surface area contributed by atoms with Gasteiger partial charge in [0.2, 0.25) is 11.8 Å². The molecule has 0 radical (unpaired) electrons. The Morgan fingerprint density at radius 1 is 0.977 bits per heavy atom. The van der Waals surface area contributed by atoms with Gasteiger partial charge < -0.3 is 40.0 Å². The van der Waals surface area contributed by atoms with Crippen LogP contribution in [0.2, 0.25) is 0 Å². The van der Waals surface area contributed by atoms with E-state index in [0.717, 1.165) is 11.1 Å². The topological polar surface area (TPSA) is 156 Å². The fraction of sp³-hybridized carbons (Fsp3) is 0.531. The average molecular weight is 613 g/mol. The largest absolute Gasteiger partial charge is 0.491 e. The average Bonchev–Trinajstić information content (AvgIpc) is 3.52. The smallest absolute Gasteiger partial charge is 0.407 e. The molecule has 5 atom stereocenters. The molecule has 3 aliphatic heterocycles. The van der Waals surface area contributed by atoms with Crippen LogP contribution in [0.25, 0.3) is 0 Å². The standard InChI is InChI=1S/C32H44N4O8/c1-21(2)27-30(38)33-13-15-41-16-17-43-24-10-8-23(9-11-24)19-34-28(31(39)36-27)29(37)26(18-22-6-4-3-5-7-22)35-32(40)44-25-12-14-42-20-25/h3-11,21,25-29,34,37H,12-20H2,1-2H3,(H,33,38)(H,35,40)(H,36,39)/t25?,26-,27?,28+,29?/m0/s1. The number of carbonyl (C=O) groups is 3. The number of nitrogens with one attached hydrogen (secondary N) is 4. The van der Waals surface area contributed by atoms with Crippen LogP contribution < -0.4 is 26.0 Å².